The van der Waals surface area contributed by atoms with Crippen molar-refractivity contribution in [1.82, 2.24) is 4.98 Å². The summed E-state index contributed by atoms with van der Waals surface area (Å²) in [6.45, 7) is 2.02. The summed E-state index contributed by atoms with van der Waals surface area (Å²) in [6, 6.07) is 10.1. The van der Waals surface area contributed by atoms with Gasteiger partial charge in [-0.15, -0.1) is 22.9 Å². The average molecular weight is 290 g/mol. The van der Waals surface area contributed by atoms with Gasteiger partial charge in [0.1, 0.15) is 0 Å². The smallest absolute Gasteiger partial charge is 0.180 e. The van der Waals surface area contributed by atoms with E-state index in [1.54, 1.807) is 11.3 Å². The molecule has 3 rings (SSSR count). The first-order chi connectivity index (χ1) is 9.20. The van der Waals surface area contributed by atoms with Crippen LogP contribution in [0.25, 0.3) is 21.5 Å². The first kappa shape index (κ1) is 12.5. The van der Waals surface area contributed by atoms with Crippen molar-refractivity contribution in [3.8, 4) is 10.6 Å². The number of carbonyl (C=O) groups excluding carboxylic acids is 1. The number of H-pyrrole nitrogens is 1. The van der Waals surface area contributed by atoms with Crippen molar-refractivity contribution in [2.75, 3.05) is 5.88 Å². The number of aromatic amines is 1. The highest BCUT2D eigenvalue weighted by Crippen LogP contribution is 2.33. The van der Waals surface area contributed by atoms with Gasteiger partial charge in [-0.25, -0.2) is 0 Å². The molecular weight excluding hydrogens is 278 g/mol. The zero-order valence-corrected chi connectivity index (χ0v) is 11.9. The van der Waals surface area contributed by atoms with E-state index in [-0.39, 0.29) is 11.7 Å². The van der Waals surface area contributed by atoms with Crippen molar-refractivity contribution in [3.05, 3.63) is 46.8 Å². The van der Waals surface area contributed by atoms with E-state index in [4.69, 9.17) is 11.6 Å². The maximum atomic E-state index is 12.2. The van der Waals surface area contributed by atoms with E-state index in [1.165, 1.54) is 0 Å². The fraction of sp³-hybridized carbons (Fsp3) is 0.133. The van der Waals surface area contributed by atoms with Crippen molar-refractivity contribution in [2.24, 2.45) is 0 Å². The molecule has 0 aliphatic rings. The Bertz CT molecular complexity index is 743. The van der Waals surface area contributed by atoms with Crippen LogP contribution in [0.4, 0.5) is 0 Å². The van der Waals surface area contributed by atoms with Crippen molar-refractivity contribution < 1.29 is 4.79 Å². The molecule has 2 nitrogen and oxygen atoms in total. The molecule has 0 bridgehead atoms. The van der Waals surface area contributed by atoms with E-state index in [1.807, 2.05) is 42.6 Å². The lowest BCUT2D eigenvalue weighted by Crippen LogP contribution is -2.01. The molecule has 4 heteroatoms. The first-order valence-electron chi connectivity index (χ1n) is 5.96. The first-order valence-corrected chi connectivity index (χ1v) is 7.37. The monoisotopic (exact) mass is 289 g/mol. The number of thiophene rings is 1. The van der Waals surface area contributed by atoms with Crippen LogP contribution in [0.1, 0.15) is 15.9 Å². The second kappa shape index (κ2) is 4.83. The third kappa shape index (κ3) is 2.09. The van der Waals surface area contributed by atoms with Gasteiger partial charge in [-0.3, -0.25) is 4.79 Å². The number of carbonyl (C=O) groups is 1. The standard InChI is InChI=1S/C15H12ClNOS/c1-9-4-5-11-10(7-9)14(12(18)8-16)15(17-11)13-3-2-6-19-13/h2-7,17H,8H2,1H3. The Morgan fingerprint density at radius 1 is 1.37 bits per heavy atom. The van der Waals surface area contributed by atoms with Gasteiger partial charge in [0, 0.05) is 10.9 Å². The molecule has 0 unspecified atom stereocenters. The van der Waals surface area contributed by atoms with E-state index in [0.717, 1.165) is 27.0 Å². The third-order valence-corrected chi connectivity index (χ3v) is 4.25. The summed E-state index contributed by atoms with van der Waals surface area (Å²) >= 11 is 7.37. The summed E-state index contributed by atoms with van der Waals surface area (Å²) in [6.07, 6.45) is 0. The zero-order valence-electron chi connectivity index (χ0n) is 10.4. The second-order valence-corrected chi connectivity index (χ2v) is 5.67. The van der Waals surface area contributed by atoms with E-state index in [2.05, 4.69) is 4.98 Å². The second-order valence-electron chi connectivity index (χ2n) is 4.46. The Morgan fingerprint density at radius 3 is 2.89 bits per heavy atom. The third-order valence-electron chi connectivity index (χ3n) is 3.12. The van der Waals surface area contributed by atoms with Crippen LogP contribution in [-0.2, 0) is 0 Å². The van der Waals surface area contributed by atoms with Crippen molar-refractivity contribution >= 4 is 39.6 Å². The SMILES string of the molecule is Cc1ccc2[nH]c(-c3cccs3)c(C(=O)CCl)c2c1. The molecule has 0 aliphatic heterocycles. The Morgan fingerprint density at radius 2 is 2.21 bits per heavy atom. The highest BCUT2D eigenvalue weighted by molar-refractivity contribution is 7.13. The lowest BCUT2D eigenvalue weighted by Gasteiger charge is -2.00. The van der Waals surface area contributed by atoms with Gasteiger partial charge in [-0.2, -0.15) is 0 Å². The van der Waals surface area contributed by atoms with Crippen LogP contribution in [-0.4, -0.2) is 16.6 Å². The number of hydrogen-bond acceptors (Lipinski definition) is 2. The number of ketones is 1. The van der Waals surface area contributed by atoms with Crippen molar-refractivity contribution in [1.29, 1.82) is 0 Å². The molecule has 0 fully saturated rings. The van der Waals surface area contributed by atoms with Gasteiger partial charge in [0.25, 0.3) is 0 Å². The zero-order chi connectivity index (χ0) is 13.4. The highest BCUT2D eigenvalue weighted by atomic mass is 35.5. The molecular formula is C15H12ClNOS. The van der Waals surface area contributed by atoms with Gasteiger partial charge >= 0.3 is 0 Å². The summed E-state index contributed by atoms with van der Waals surface area (Å²) in [5.74, 6) is -0.0406. The lowest BCUT2D eigenvalue weighted by molar-refractivity contribution is 0.102. The summed E-state index contributed by atoms with van der Waals surface area (Å²) in [5, 5.41) is 2.95. The Balaban J connectivity index is 2.35. The average Bonchev–Trinajstić information content (AvgIpc) is 3.03. The number of rotatable bonds is 3. The van der Waals surface area contributed by atoms with Gasteiger partial charge in [-0.1, -0.05) is 17.7 Å². The number of Topliss-reactive ketones (excluding diaryl/α,β-unsaturated/α-hetero) is 1. The van der Waals surface area contributed by atoms with Crippen LogP contribution < -0.4 is 0 Å². The number of alkyl halides is 1. The van der Waals surface area contributed by atoms with Gasteiger partial charge in [0.05, 0.1) is 22.0 Å². The van der Waals surface area contributed by atoms with Crippen molar-refractivity contribution in [2.45, 2.75) is 6.92 Å². The molecule has 0 aliphatic carbocycles. The number of aryl methyl sites for hydroxylation is 1. The van der Waals surface area contributed by atoms with Crippen LogP contribution in [0.2, 0.25) is 0 Å². The maximum absolute atomic E-state index is 12.2. The summed E-state index contributed by atoms with van der Waals surface area (Å²) in [5.41, 5.74) is 3.69. The van der Waals surface area contributed by atoms with Crippen LogP contribution in [0.3, 0.4) is 0 Å². The number of hydrogen-bond donors (Lipinski definition) is 1. The molecule has 96 valence electrons. The van der Waals surface area contributed by atoms with Gasteiger partial charge in [0.15, 0.2) is 5.78 Å². The fourth-order valence-corrected chi connectivity index (χ4v) is 3.13. The van der Waals surface area contributed by atoms with E-state index >= 15 is 0 Å². The quantitative estimate of drug-likeness (QED) is 0.553. The Hall–Kier alpha value is -1.58. The Kier molecular flexibility index (Phi) is 3.17. The molecule has 0 radical (unpaired) electrons. The molecule has 1 N–H and O–H groups in total. The van der Waals surface area contributed by atoms with Crippen LogP contribution >= 0.6 is 22.9 Å². The van der Waals surface area contributed by atoms with E-state index < -0.39 is 0 Å². The molecule has 0 amide bonds. The molecule has 1 aromatic carbocycles. The molecule has 2 heterocycles. The van der Waals surface area contributed by atoms with Gasteiger partial charge < -0.3 is 4.98 Å². The number of halogens is 1. The number of benzene rings is 1. The number of aromatic nitrogens is 1. The topological polar surface area (TPSA) is 32.9 Å². The minimum Gasteiger partial charge on any atom is -0.353 e. The van der Waals surface area contributed by atoms with Crippen LogP contribution in [0.15, 0.2) is 35.7 Å². The summed E-state index contributed by atoms with van der Waals surface area (Å²) < 4.78 is 0. The lowest BCUT2D eigenvalue weighted by atomic mass is 10.0. The predicted molar refractivity (Wildman–Crippen MR) is 81.4 cm³/mol. The molecule has 0 spiro atoms. The summed E-state index contributed by atoms with van der Waals surface area (Å²) in [7, 11) is 0. The number of fused-ring (bicyclic) bond motifs is 1. The van der Waals surface area contributed by atoms with E-state index in [9.17, 15) is 4.79 Å². The molecule has 3 aromatic rings. The van der Waals surface area contributed by atoms with Crippen molar-refractivity contribution in [3.63, 3.8) is 0 Å². The molecule has 0 saturated heterocycles. The normalized spacial score (nSPS) is 11.1. The molecule has 0 atom stereocenters. The molecule has 2 aromatic heterocycles. The van der Waals surface area contributed by atoms with Gasteiger partial charge in [0.2, 0.25) is 0 Å². The fourth-order valence-electron chi connectivity index (χ4n) is 2.27. The van der Waals surface area contributed by atoms with Crippen LogP contribution in [0.5, 0.6) is 0 Å². The molecule has 19 heavy (non-hydrogen) atoms. The predicted octanol–water partition coefficient (Wildman–Crippen LogP) is 4.63. The highest BCUT2D eigenvalue weighted by Gasteiger charge is 2.19. The molecule has 0 saturated carbocycles. The maximum Gasteiger partial charge on any atom is 0.180 e. The minimum atomic E-state index is -0.0399. The summed E-state index contributed by atoms with van der Waals surface area (Å²) in [4.78, 5) is 16.6. The van der Waals surface area contributed by atoms with Gasteiger partial charge in [-0.05, 0) is 30.5 Å². The Labute approximate surface area is 120 Å². The minimum absolute atomic E-state index is 0.000724. The van der Waals surface area contributed by atoms with E-state index in [0.29, 0.717) is 5.56 Å². The number of nitrogens with one attached hydrogen (secondary N) is 1. The van der Waals surface area contributed by atoms with Crippen LogP contribution in [0, 0.1) is 6.92 Å². The largest absolute Gasteiger partial charge is 0.353 e.